The summed E-state index contributed by atoms with van der Waals surface area (Å²) in [6, 6.07) is 24.1. The van der Waals surface area contributed by atoms with Gasteiger partial charge in [0.1, 0.15) is 17.2 Å². The molecule has 1 aromatic heterocycles. The van der Waals surface area contributed by atoms with Crippen LogP contribution >= 0.6 is 0 Å². The molecule has 0 atom stereocenters. The summed E-state index contributed by atoms with van der Waals surface area (Å²) < 4.78 is 5.96. The fraction of sp³-hybridized carbons (Fsp3) is 0. The summed E-state index contributed by atoms with van der Waals surface area (Å²) in [4.78, 5) is 0. The molecule has 0 fully saturated rings. The van der Waals surface area contributed by atoms with Crippen molar-refractivity contribution in [2.75, 3.05) is 0 Å². The highest BCUT2D eigenvalue weighted by atomic mass is 16.3. The Hall–Kier alpha value is -3.05. The van der Waals surface area contributed by atoms with Crippen molar-refractivity contribution < 1.29 is 4.42 Å². The quantitative estimate of drug-likeness (QED) is 0.480. The maximum atomic E-state index is 9.53. The van der Waals surface area contributed by atoms with E-state index in [9.17, 15) is 5.26 Å². The Labute approximate surface area is 121 Å². The van der Waals surface area contributed by atoms with Gasteiger partial charge in [-0.05, 0) is 22.9 Å². The van der Waals surface area contributed by atoms with Crippen LogP contribution < -0.4 is 0 Å². The van der Waals surface area contributed by atoms with Gasteiger partial charge in [0.2, 0.25) is 0 Å². The summed E-state index contributed by atoms with van der Waals surface area (Å²) in [5.74, 6) is 0.649. The first kappa shape index (κ1) is 11.7. The molecule has 0 radical (unpaired) electrons. The van der Waals surface area contributed by atoms with Crippen molar-refractivity contribution in [3.05, 3.63) is 72.3 Å². The van der Waals surface area contributed by atoms with Gasteiger partial charge in [-0.1, -0.05) is 54.6 Å². The van der Waals surface area contributed by atoms with E-state index in [1.165, 1.54) is 0 Å². The van der Waals surface area contributed by atoms with Gasteiger partial charge in [-0.2, -0.15) is 5.26 Å². The zero-order chi connectivity index (χ0) is 14.2. The Balaban J connectivity index is 2.12. The average molecular weight is 269 g/mol. The SMILES string of the molecule is N#Cc1c(-c2cccc3ccccc23)oc2ccccc12. The van der Waals surface area contributed by atoms with Crippen LogP contribution in [0.1, 0.15) is 5.56 Å². The predicted octanol–water partition coefficient (Wildman–Crippen LogP) is 5.12. The van der Waals surface area contributed by atoms with Gasteiger partial charge in [-0.25, -0.2) is 0 Å². The molecule has 0 unspecified atom stereocenters. The number of fused-ring (bicyclic) bond motifs is 2. The molecule has 0 aliphatic rings. The lowest BCUT2D eigenvalue weighted by Crippen LogP contribution is -1.82. The number of hydrogen-bond donors (Lipinski definition) is 0. The molecule has 4 rings (SSSR count). The molecule has 0 saturated heterocycles. The zero-order valence-electron chi connectivity index (χ0n) is 11.2. The predicted molar refractivity (Wildman–Crippen MR) is 83.9 cm³/mol. The van der Waals surface area contributed by atoms with Crippen LogP contribution in [0.15, 0.2) is 71.1 Å². The monoisotopic (exact) mass is 269 g/mol. The van der Waals surface area contributed by atoms with Crippen molar-refractivity contribution in [1.82, 2.24) is 0 Å². The Bertz CT molecular complexity index is 1000. The molecular weight excluding hydrogens is 258 g/mol. The molecule has 0 N–H and O–H groups in total. The van der Waals surface area contributed by atoms with E-state index in [4.69, 9.17) is 4.42 Å². The molecule has 21 heavy (non-hydrogen) atoms. The summed E-state index contributed by atoms with van der Waals surface area (Å²) in [5, 5.41) is 12.6. The second-order valence-electron chi connectivity index (χ2n) is 4.94. The third kappa shape index (κ3) is 1.72. The molecule has 3 aromatic carbocycles. The molecule has 0 amide bonds. The molecule has 98 valence electrons. The van der Waals surface area contributed by atoms with E-state index < -0.39 is 0 Å². The fourth-order valence-electron chi connectivity index (χ4n) is 2.77. The molecule has 0 saturated carbocycles. The first-order valence-corrected chi connectivity index (χ1v) is 6.78. The smallest absolute Gasteiger partial charge is 0.153 e. The van der Waals surface area contributed by atoms with Gasteiger partial charge in [0, 0.05) is 10.9 Å². The first-order valence-electron chi connectivity index (χ1n) is 6.78. The lowest BCUT2D eigenvalue weighted by molar-refractivity contribution is 0.631. The summed E-state index contributed by atoms with van der Waals surface area (Å²) in [6.07, 6.45) is 0. The number of nitrogens with zero attached hydrogens (tertiary/aromatic N) is 1. The molecule has 2 heteroatoms. The average Bonchev–Trinajstić information content (AvgIpc) is 2.92. The van der Waals surface area contributed by atoms with Crippen LogP contribution in [0.5, 0.6) is 0 Å². The van der Waals surface area contributed by atoms with Crippen LogP contribution in [0.25, 0.3) is 33.1 Å². The number of para-hydroxylation sites is 1. The van der Waals surface area contributed by atoms with Crippen molar-refractivity contribution >= 4 is 21.7 Å². The normalized spacial score (nSPS) is 10.8. The lowest BCUT2D eigenvalue weighted by atomic mass is 10.00. The second-order valence-corrected chi connectivity index (χ2v) is 4.94. The number of nitriles is 1. The van der Waals surface area contributed by atoms with Gasteiger partial charge in [0.05, 0.1) is 0 Å². The maximum absolute atomic E-state index is 9.53. The zero-order valence-corrected chi connectivity index (χ0v) is 11.2. The molecule has 0 aliphatic heterocycles. The highest BCUT2D eigenvalue weighted by molar-refractivity contribution is 6.00. The van der Waals surface area contributed by atoms with Gasteiger partial charge < -0.3 is 4.42 Å². The summed E-state index contributed by atoms with van der Waals surface area (Å²) in [6.45, 7) is 0. The largest absolute Gasteiger partial charge is 0.455 e. The number of furan rings is 1. The highest BCUT2D eigenvalue weighted by Gasteiger charge is 2.16. The summed E-state index contributed by atoms with van der Waals surface area (Å²) in [5.41, 5.74) is 2.31. The van der Waals surface area contributed by atoms with E-state index in [-0.39, 0.29) is 0 Å². The molecule has 4 aromatic rings. The first-order chi connectivity index (χ1) is 10.4. The van der Waals surface area contributed by atoms with E-state index in [2.05, 4.69) is 24.3 Å². The van der Waals surface area contributed by atoms with Crippen molar-refractivity contribution in [3.8, 4) is 17.4 Å². The van der Waals surface area contributed by atoms with Gasteiger partial charge in [0.25, 0.3) is 0 Å². The number of hydrogen-bond acceptors (Lipinski definition) is 2. The Morgan fingerprint density at radius 2 is 1.48 bits per heavy atom. The van der Waals surface area contributed by atoms with Crippen molar-refractivity contribution in [1.29, 1.82) is 5.26 Å². The molecular formula is C19H11NO. The third-order valence-electron chi connectivity index (χ3n) is 3.74. The van der Waals surface area contributed by atoms with Gasteiger partial charge in [-0.15, -0.1) is 0 Å². The molecule has 1 heterocycles. The van der Waals surface area contributed by atoms with E-state index in [1.807, 2.05) is 48.5 Å². The maximum Gasteiger partial charge on any atom is 0.153 e. The van der Waals surface area contributed by atoms with Crippen LogP contribution in [0, 0.1) is 11.3 Å². The summed E-state index contributed by atoms with van der Waals surface area (Å²) in [7, 11) is 0. The minimum atomic E-state index is 0.599. The van der Waals surface area contributed by atoms with Gasteiger partial charge in [-0.3, -0.25) is 0 Å². The Morgan fingerprint density at radius 3 is 2.33 bits per heavy atom. The van der Waals surface area contributed by atoms with Crippen molar-refractivity contribution in [2.45, 2.75) is 0 Å². The summed E-state index contributed by atoms with van der Waals surface area (Å²) >= 11 is 0. The van der Waals surface area contributed by atoms with Gasteiger partial charge >= 0.3 is 0 Å². The highest BCUT2D eigenvalue weighted by Crippen LogP contribution is 2.36. The molecule has 2 nitrogen and oxygen atoms in total. The van der Waals surface area contributed by atoms with Crippen LogP contribution in [0.3, 0.4) is 0 Å². The standard InChI is InChI=1S/C19H11NO/c20-12-17-15-9-3-4-11-18(15)21-19(17)16-10-5-7-13-6-1-2-8-14(13)16/h1-11H. The number of rotatable bonds is 1. The van der Waals surface area contributed by atoms with E-state index in [1.54, 1.807) is 0 Å². The lowest BCUT2D eigenvalue weighted by Gasteiger charge is -2.04. The van der Waals surface area contributed by atoms with Crippen molar-refractivity contribution in [2.24, 2.45) is 0 Å². The number of benzene rings is 3. The minimum absolute atomic E-state index is 0.599. The Morgan fingerprint density at radius 1 is 0.762 bits per heavy atom. The minimum Gasteiger partial charge on any atom is -0.455 e. The van der Waals surface area contributed by atoms with Gasteiger partial charge in [0.15, 0.2) is 5.76 Å². The van der Waals surface area contributed by atoms with E-state index in [0.29, 0.717) is 11.3 Å². The van der Waals surface area contributed by atoms with Crippen LogP contribution in [0.4, 0.5) is 0 Å². The molecule has 0 spiro atoms. The topological polar surface area (TPSA) is 36.9 Å². The molecule has 0 bridgehead atoms. The van der Waals surface area contributed by atoms with Crippen LogP contribution in [0.2, 0.25) is 0 Å². The van der Waals surface area contributed by atoms with E-state index in [0.717, 1.165) is 27.3 Å². The molecule has 0 aliphatic carbocycles. The second kappa shape index (κ2) is 4.50. The van der Waals surface area contributed by atoms with E-state index >= 15 is 0 Å². The fourth-order valence-corrected chi connectivity index (χ4v) is 2.77. The van der Waals surface area contributed by atoms with Crippen molar-refractivity contribution in [3.63, 3.8) is 0 Å². The third-order valence-corrected chi connectivity index (χ3v) is 3.74. The van der Waals surface area contributed by atoms with Crippen LogP contribution in [-0.2, 0) is 0 Å². The van der Waals surface area contributed by atoms with Crippen LogP contribution in [-0.4, -0.2) is 0 Å². The Kier molecular flexibility index (Phi) is 2.52.